The maximum absolute atomic E-state index is 11.7. The van der Waals surface area contributed by atoms with Crippen LogP contribution in [0.5, 0.6) is 0 Å². The number of nitrogens with one attached hydrogen (secondary N) is 1. The predicted molar refractivity (Wildman–Crippen MR) is 65.2 cm³/mol. The second kappa shape index (κ2) is 5.81. The molecule has 1 aromatic heterocycles. The predicted octanol–water partition coefficient (Wildman–Crippen LogP) is -2.73. The lowest BCUT2D eigenvalue weighted by atomic mass is 10.1. The summed E-state index contributed by atoms with van der Waals surface area (Å²) in [6, 6.07) is 0.984. The second-order valence-electron chi connectivity index (χ2n) is 4.32. The Balaban J connectivity index is 2.41. The number of rotatable bonds is 4. The Bertz CT molecular complexity index is 664. The summed E-state index contributed by atoms with van der Waals surface area (Å²) < 4.78 is 21.3. The Kier molecular flexibility index (Phi) is 4.44. The second-order valence-corrected chi connectivity index (χ2v) is 5.51. The normalized spacial score (nSPS) is 29.7. The van der Waals surface area contributed by atoms with Crippen LogP contribution in [-0.2, 0) is 13.8 Å². The molecule has 1 saturated heterocycles. The molecule has 5 N–H and O–H groups in total. The minimum atomic E-state index is -4.98. The van der Waals surface area contributed by atoms with Gasteiger partial charge in [0.2, 0.25) is 0 Å². The van der Waals surface area contributed by atoms with Gasteiger partial charge < -0.3 is 24.7 Å². The fourth-order valence-electron chi connectivity index (χ4n) is 1.99. The van der Waals surface area contributed by atoms with Crippen molar-refractivity contribution in [3.05, 3.63) is 33.1 Å². The maximum atomic E-state index is 11.7. The van der Waals surface area contributed by atoms with Crippen LogP contribution in [0.1, 0.15) is 6.23 Å². The number of hydrogen-bond acceptors (Lipinski definition) is 7. The molecule has 0 unspecified atom stereocenters. The molecule has 1 aromatic rings. The number of aliphatic hydroxyl groups excluding tert-OH is 2. The average molecular weight is 324 g/mol. The molecule has 0 bridgehead atoms. The highest BCUT2D eigenvalue weighted by Crippen LogP contribution is 2.44. The lowest BCUT2D eigenvalue weighted by Crippen LogP contribution is -2.38. The molecule has 0 amide bonds. The van der Waals surface area contributed by atoms with Gasteiger partial charge in [-0.3, -0.25) is 18.9 Å². The van der Waals surface area contributed by atoms with Crippen LogP contribution in [0.15, 0.2) is 21.9 Å². The maximum Gasteiger partial charge on any atom is 0.470 e. The third-order valence-corrected chi connectivity index (χ3v) is 3.40. The zero-order chi connectivity index (χ0) is 15.8. The molecule has 2 heterocycles. The van der Waals surface area contributed by atoms with E-state index < -0.39 is 50.2 Å². The van der Waals surface area contributed by atoms with Gasteiger partial charge in [-0.2, -0.15) is 0 Å². The SMILES string of the molecule is O=c1ccn([C@@H]2O[C@H](CO)[C@H](O)[C@H]2OP(=O)(O)O)c(=O)[nH]1. The molecule has 2 rings (SSSR count). The Morgan fingerprint density at radius 1 is 1.43 bits per heavy atom. The van der Waals surface area contributed by atoms with Crippen molar-refractivity contribution in [2.24, 2.45) is 0 Å². The van der Waals surface area contributed by atoms with Gasteiger partial charge in [-0.05, 0) is 0 Å². The van der Waals surface area contributed by atoms with E-state index in [2.05, 4.69) is 4.52 Å². The highest BCUT2D eigenvalue weighted by atomic mass is 31.2. The zero-order valence-electron chi connectivity index (χ0n) is 10.4. The number of aromatic nitrogens is 2. The summed E-state index contributed by atoms with van der Waals surface area (Å²) >= 11 is 0. The lowest BCUT2D eigenvalue weighted by Gasteiger charge is -2.22. The molecular formula is C9H13N2O9P. The average Bonchev–Trinajstić information content (AvgIpc) is 2.65. The number of phosphoric ester groups is 1. The minimum absolute atomic E-state index is 0.656. The van der Waals surface area contributed by atoms with Crippen molar-refractivity contribution < 1.29 is 33.8 Å². The van der Waals surface area contributed by atoms with Crippen LogP contribution in [0.4, 0.5) is 0 Å². The van der Waals surface area contributed by atoms with Crippen LogP contribution in [0, 0.1) is 0 Å². The third kappa shape index (κ3) is 3.47. The van der Waals surface area contributed by atoms with E-state index in [1.165, 1.54) is 0 Å². The molecule has 1 fully saturated rings. The number of hydrogen-bond donors (Lipinski definition) is 5. The number of H-pyrrole nitrogens is 1. The monoisotopic (exact) mass is 324 g/mol. The largest absolute Gasteiger partial charge is 0.470 e. The first-order valence-electron chi connectivity index (χ1n) is 5.73. The van der Waals surface area contributed by atoms with Crippen LogP contribution in [0.3, 0.4) is 0 Å². The molecule has 1 aliphatic rings. The highest BCUT2D eigenvalue weighted by Gasteiger charge is 2.48. The van der Waals surface area contributed by atoms with Crippen LogP contribution in [-0.4, -0.2) is 54.5 Å². The van der Waals surface area contributed by atoms with Crippen molar-refractivity contribution in [1.29, 1.82) is 0 Å². The summed E-state index contributed by atoms with van der Waals surface area (Å²) in [4.78, 5) is 42.3. The summed E-state index contributed by atoms with van der Waals surface area (Å²) in [6.07, 6.45) is -4.79. The fraction of sp³-hybridized carbons (Fsp3) is 0.556. The number of ether oxygens (including phenoxy) is 1. The lowest BCUT2D eigenvalue weighted by molar-refractivity contribution is -0.0544. The van der Waals surface area contributed by atoms with Gasteiger partial charge in [-0.25, -0.2) is 9.36 Å². The molecule has 0 aliphatic carbocycles. The smallest absolute Gasteiger partial charge is 0.394 e. The van der Waals surface area contributed by atoms with Crippen molar-refractivity contribution in [2.45, 2.75) is 24.5 Å². The first kappa shape index (κ1) is 16.0. The van der Waals surface area contributed by atoms with Gasteiger partial charge in [0.25, 0.3) is 5.56 Å². The third-order valence-electron chi connectivity index (χ3n) is 2.88. The summed E-state index contributed by atoms with van der Waals surface area (Å²) in [6.45, 7) is -0.656. The van der Waals surface area contributed by atoms with E-state index in [0.717, 1.165) is 16.8 Å². The molecule has 4 atom stereocenters. The zero-order valence-corrected chi connectivity index (χ0v) is 11.3. The number of aliphatic hydroxyl groups is 2. The molecule has 0 spiro atoms. The van der Waals surface area contributed by atoms with E-state index in [-0.39, 0.29) is 0 Å². The van der Waals surface area contributed by atoms with Crippen molar-refractivity contribution in [1.82, 2.24) is 9.55 Å². The Hall–Kier alpha value is -1.33. The first-order valence-corrected chi connectivity index (χ1v) is 7.26. The van der Waals surface area contributed by atoms with Gasteiger partial charge in [0.05, 0.1) is 6.61 Å². The molecule has 118 valence electrons. The molecule has 11 nitrogen and oxygen atoms in total. The van der Waals surface area contributed by atoms with Gasteiger partial charge in [-0.15, -0.1) is 0 Å². The van der Waals surface area contributed by atoms with E-state index in [4.69, 9.17) is 19.6 Å². The van der Waals surface area contributed by atoms with Crippen LogP contribution in [0.2, 0.25) is 0 Å². The number of phosphoric acid groups is 1. The molecule has 12 heteroatoms. The van der Waals surface area contributed by atoms with E-state index in [1.54, 1.807) is 0 Å². The Labute approximate surface area is 116 Å². The van der Waals surface area contributed by atoms with Crippen LogP contribution < -0.4 is 11.2 Å². The van der Waals surface area contributed by atoms with Crippen LogP contribution >= 0.6 is 7.82 Å². The van der Waals surface area contributed by atoms with Gasteiger partial charge in [0.1, 0.15) is 18.3 Å². The van der Waals surface area contributed by atoms with Gasteiger partial charge in [-0.1, -0.05) is 0 Å². The summed E-state index contributed by atoms with van der Waals surface area (Å²) in [5, 5.41) is 18.9. The summed E-state index contributed by atoms with van der Waals surface area (Å²) in [5.74, 6) is 0. The van der Waals surface area contributed by atoms with Crippen molar-refractivity contribution >= 4 is 7.82 Å². The van der Waals surface area contributed by atoms with Gasteiger partial charge in [0.15, 0.2) is 6.23 Å². The Morgan fingerprint density at radius 3 is 2.62 bits per heavy atom. The fourth-order valence-corrected chi connectivity index (χ4v) is 2.54. The molecule has 0 saturated carbocycles. The number of aromatic amines is 1. The van der Waals surface area contributed by atoms with Crippen LogP contribution in [0.25, 0.3) is 0 Å². The molecule has 0 radical (unpaired) electrons. The standard InChI is InChI=1S/C9H13N2O9P/c12-3-4-6(14)7(20-21(16,17)18)8(19-4)11-2-1-5(13)10-9(11)15/h1-2,4,6-8,12,14H,3H2,(H,10,13,15)(H2,16,17,18)/t4-,6+,7-,8-/m1/s1. The minimum Gasteiger partial charge on any atom is -0.394 e. The topological polar surface area (TPSA) is 171 Å². The summed E-state index contributed by atoms with van der Waals surface area (Å²) in [5.41, 5.74) is -1.60. The van der Waals surface area contributed by atoms with Crippen molar-refractivity contribution in [2.75, 3.05) is 6.61 Å². The molecule has 21 heavy (non-hydrogen) atoms. The molecular weight excluding hydrogens is 311 g/mol. The van der Waals surface area contributed by atoms with Gasteiger partial charge in [0, 0.05) is 12.3 Å². The summed E-state index contributed by atoms with van der Waals surface area (Å²) in [7, 11) is -4.98. The van der Waals surface area contributed by atoms with E-state index in [1.807, 2.05) is 4.98 Å². The Morgan fingerprint density at radius 2 is 2.10 bits per heavy atom. The van der Waals surface area contributed by atoms with Crippen molar-refractivity contribution in [3.8, 4) is 0 Å². The molecule has 0 aromatic carbocycles. The van der Waals surface area contributed by atoms with Gasteiger partial charge >= 0.3 is 13.5 Å². The van der Waals surface area contributed by atoms with E-state index in [9.17, 15) is 19.3 Å². The van der Waals surface area contributed by atoms with Crippen molar-refractivity contribution in [3.63, 3.8) is 0 Å². The number of nitrogens with zero attached hydrogens (tertiary/aromatic N) is 1. The van der Waals surface area contributed by atoms with E-state index >= 15 is 0 Å². The first-order chi connectivity index (χ1) is 9.73. The molecule has 1 aliphatic heterocycles. The highest BCUT2D eigenvalue weighted by molar-refractivity contribution is 7.46. The quantitative estimate of drug-likeness (QED) is 0.368. The van der Waals surface area contributed by atoms with E-state index in [0.29, 0.717) is 0 Å².